The number of hydrogen-bond donors (Lipinski definition) is 0. The molecule has 1 heterocycles. The second-order valence-electron chi connectivity index (χ2n) is 7.16. The molecule has 148 valence electrons. The molecule has 0 unspecified atom stereocenters. The van der Waals surface area contributed by atoms with E-state index in [-0.39, 0.29) is 5.43 Å². The van der Waals surface area contributed by atoms with Crippen molar-refractivity contribution in [1.82, 2.24) is 4.57 Å². The summed E-state index contributed by atoms with van der Waals surface area (Å²) in [7, 11) is 0. The van der Waals surface area contributed by atoms with Gasteiger partial charge in [-0.3, -0.25) is 4.79 Å². The fourth-order valence-corrected chi connectivity index (χ4v) is 3.69. The highest BCUT2D eigenvalue weighted by molar-refractivity contribution is 5.83. The zero-order valence-corrected chi connectivity index (χ0v) is 16.4. The van der Waals surface area contributed by atoms with E-state index in [2.05, 4.69) is 0 Å². The monoisotopic (exact) mass is 387 g/mol. The molecule has 0 amide bonds. The van der Waals surface area contributed by atoms with Crippen molar-refractivity contribution in [3.05, 3.63) is 75.1 Å². The van der Waals surface area contributed by atoms with Gasteiger partial charge >= 0.3 is 6.18 Å². The van der Waals surface area contributed by atoms with Gasteiger partial charge in [-0.15, -0.1) is 0 Å². The lowest BCUT2D eigenvalue weighted by Gasteiger charge is -2.21. The summed E-state index contributed by atoms with van der Waals surface area (Å²) in [5.74, 6) is 0. The van der Waals surface area contributed by atoms with Gasteiger partial charge in [0.05, 0.1) is 11.1 Å². The first kappa shape index (κ1) is 20.2. The van der Waals surface area contributed by atoms with Gasteiger partial charge in [-0.2, -0.15) is 13.2 Å². The molecular weight excluding hydrogens is 363 g/mol. The maximum atomic E-state index is 13.1. The minimum Gasteiger partial charge on any atom is -0.313 e. The number of benzene rings is 2. The van der Waals surface area contributed by atoms with Gasteiger partial charge in [-0.05, 0) is 61.7 Å². The van der Waals surface area contributed by atoms with Crippen LogP contribution in [0.25, 0.3) is 16.6 Å². The highest BCUT2D eigenvalue weighted by atomic mass is 19.4. The molecule has 0 fully saturated rings. The van der Waals surface area contributed by atoms with Crippen molar-refractivity contribution < 1.29 is 13.2 Å². The van der Waals surface area contributed by atoms with E-state index in [4.69, 9.17) is 0 Å². The Kier molecular flexibility index (Phi) is 5.64. The van der Waals surface area contributed by atoms with Gasteiger partial charge in [-0.25, -0.2) is 0 Å². The number of pyridine rings is 1. The smallest absolute Gasteiger partial charge is 0.313 e. The zero-order valence-electron chi connectivity index (χ0n) is 16.4. The van der Waals surface area contributed by atoms with Crippen molar-refractivity contribution in [2.45, 2.75) is 52.6 Å². The van der Waals surface area contributed by atoms with Crippen molar-refractivity contribution in [3.8, 4) is 5.69 Å². The SMILES string of the molecule is CCCc1c(CCC)n(-c2ccc(C(F)(F)F)cc2)c2cc(C)ccc2c1=O. The quantitative estimate of drug-likeness (QED) is 0.509. The van der Waals surface area contributed by atoms with Crippen LogP contribution in [-0.4, -0.2) is 4.57 Å². The average molecular weight is 387 g/mol. The Morgan fingerprint density at radius 2 is 1.57 bits per heavy atom. The molecule has 0 spiro atoms. The Morgan fingerprint density at radius 1 is 0.929 bits per heavy atom. The van der Waals surface area contributed by atoms with Crippen LogP contribution in [0.5, 0.6) is 0 Å². The number of hydrogen-bond acceptors (Lipinski definition) is 1. The standard InChI is InChI=1S/C23H24F3NO/c1-4-6-18-20(7-5-2)27(17-11-9-16(10-12-17)23(24,25)26)21-14-15(3)8-13-19(21)22(18)28/h8-14H,4-7H2,1-3H3. The molecule has 0 radical (unpaired) electrons. The summed E-state index contributed by atoms with van der Waals surface area (Å²) >= 11 is 0. The van der Waals surface area contributed by atoms with Gasteiger partial charge in [0, 0.05) is 22.3 Å². The summed E-state index contributed by atoms with van der Waals surface area (Å²) in [5, 5.41) is 0.605. The van der Waals surface area contributed by atoms with Crippen LogP contribution in [0.4, 0.5) is 13.2 Å². The molecule has 2 aromatic carbocycles. The van der Waals surface area contributed by atoms with Crippen molar-refractivity contribution in [2.24, 2.45) is 0 Å². The highest BCUT2D eigenvalue weighted by Gasteiger charge is 2.30. The average Bonchev–Trinajstić information content (AvgIpc) is 2.64. The molecule has 3 rings (SSSR count). The second kappa shape index (κ2) is 7.82. The van der Waals surface area contributed by atoms with Crippen LogP contribution < -0.4 is 5.43 Å². The Hall–Kier alpha value is -2.56. The van der Waals surface area contributed by atoms with E-state index >= 15 is 0 Å². The molecule has 1 aromatic heterocycles. The number of aromatic nitrogens is 1. The molecule has 2 nitrogen and oxygen atoms in total. The molecule has 0 aliphatic carbocycles. The van der Waals surface area contributed by atoms with Crippen molar-refractivity contribution in [1.29, 1.82) is 0 Å². The van der Waals surface area contributed by atoms with E-state index in [9.17, 15) is 18.0 Å². The summed E-state index contributed by atoms with van der Waals surface area (Å²) in [4.78, 5) is 13.1. The lowest BCUT2D eigenvalue weighted by molar-refractivity contribution is -0.137. The third-order valence-corrected chi connectivity index (χ3v) is 4.97. The Labute approximate surface area is 162 Å². The van der Waals surface area contributed by atoms with E-state index in [1.165, 1.54) is 12.1 Å². The fourth-order valence-electron chi connectivity index (χ4n) is 3.69. The first-order valence-corrected chi connectivity index (χ1v) is 9.62. The van der Waals surface area contributed by atoms with Crippen molar-refractivity contribution in [2.75, 3.05) is 0 Å². The number of aryl methyl sites for hydroxylation is 1. The van der Waals surface area contributed by atoms with Crippen molar-refractivity contribution in [3.63, 3.8) is 0 Å². The van der Waals surface area contributed by atoms with Crippen LogP contribution in [0.15, 0.2) is 47.3 Å². The molecule has 28 heavy (non-hydrogen) atoms. The van der Waals surface area contributed by atoms with E-state index < -0.39 is 11.7 Å². The first-order valence-electron chi connectivity index (χ1n) is 9.62. The van der Waals surface area contributed by atoms with Crippen LogP contribution in [0.2, 0.25) is 0 Å². The fraction of sp³-hybridized carbons (Fsp3) is 0.348. The molecule has 0 bridgehead atoms. The number of rotatable bonds is 5. The van der Waals surface area contributed by atoms with Gasteiger partial charge in [0.1, 0.15) is 0 Å². The molecular formula is C23H24F3NO. The molecule has 0 saturated heterocycles. The summed E-state index contributed by atoms with van der Waals surface area (Å²) in [6.45, 7) is 6.01. The van der Waals surface area contributed by atoms with E-state index in [1.807, 2.05) is 43.5 Å². The number of fused-ring (bicyclic) bond motifs is 1. The Morgan fingerprint density at radius 3 is 2.14 bits per heavy atom. The topological polar surface area (TPSA) is 22.0 Å². The maximum Gasteiger partial charge on any atom is 0.416 e. The molecule has 5 heteroatoms. The second-order valence-corrected chi connectivity index (χ2v) is 7.16. The number of nitrogens with zero attached hydrogens (tertiary/aromatic N) is 1. The molecule has 0 atom stereocenters. The van der Waals surface area contributed by atoms with E-state index in [1.54, 1.807) is 0 Å². The maximum absolute atomic E-state index is 13.1. The zero-order chi connectivity index (χ0) is 20.5. The number of alkyl halides is 3. The largest absolute Gasteiger partial charge is 0.416 e. The predicted octanol–water partition coefficient (Wildman–Crippen LogP) is 6.22. The van der Waals surface area contributed by atoms with Crippen LogP contribution in [0.3, 0.4) is 0 Å². The molecule has 0 saturated carbocycles. The summed E-state index contributed by atoms with van der Waals surface area (Å²) in [5.41, 5.74) is 3.40. The van der Waals surface area contributed by atoms with Crippen LogP contribution >= 0.6 is 0 Å². The third-order valence-electron chi connectivity index (χ3n) is 4.97. The van der Waals surface area contributed by atoms with Crippen LogP contribution in [0.1, 0.15) is 49.1 Å². The van der Waals surface area contributed by atoms with Gasteiger partial charge < -0.3 is 4.57 Å². The molecule has 3 aromatic rings. The Bertz CT molecular complexity index is 1050. The third kappa shape index (κ3) is 3.71. The van der Waals surface area contributed by atoms with E-state index in [0.29, 0.717) is 23.9 Å². The summed E-state index contributed by atoms with van der Waals surface area (Å²) < 4.78 is 41.0. The van der Waals surface area contributed by atoms with E-state index in [0.717, 1.165) is 47.3 Å². The molecule has 0 N–H and O–H groups in total. The van der Waals surface area contributed by atoms with Gasteiger partial charge in [-0.1, -0.05) is 32.8 Å². The van der Waals surface area contributed by atoms with Gasteiger partial charge in [0.2, 0.25) is 0 Å². The lowest BCUT2D eigenvalue weighted by Crippen LogP contribution is -2.20. The summed E-state index contributed by atoms with van der Waals surface area (Å²) in [6, 6.07) is 10.8. The lowest BCUT2D eigenvalue weighted by atomic mass is 9.99. The summed E-state index contributed by atoms with van der Waals surface area (Å²) in [6.07, 6.45) is -1.36. The van der Waals surface area contributed by atoms with Gasteiger partial charge in [0.15, 0.2) is 5.43 Å². The highest BCUT2D eigenvalue weighted by Crippen LogP contribution is 2.31. The van der Waals surface area contributed by atoms with Crippen LogP contribution in [-0.2, 0) is 19.0 Å². The number of halogens is 3. The normalized spacial score (nSPS) is 11.9. The first-order chi connectivity index (χ1) is 13.3. The predicted molar refractivity (Wildman–Crippen MR) is 107 cm³/mol. The minimum absolute atomic E-state index is 0.0310. The molecule has 0 aliphatic rings. The van der Waals surface area contributed by atoms with Crippen molar-refractivity contribution >= 4 is 10.9 Å². The minimum atomic E-state index is -4.37. The Balaban J connectivity index is 2.38. The van der Waals surface area contributed by atoms with Crippen LogP contribution in [0, 0.1) is 6.92 Å². The van der Waals surface area contributed by atoms with Gasteiger partial charge in [0.25, 0.3) is 0 Å². The molecule has 0 aliphatic heterocycles.